The third-order valence-electron chi connectivity index (χ3n) is 4.72. The summed E-state index contributed by atoms with van der Waals surface area (Å²) in [5.74, 6) is 1.74. The van der Waals surface area contributed by atoms with Crippen molar-refractivity contribution in [2.45, 2.75) is 18.7 Å². The maximum Gasteiger partial charge on any atom is 0.284 e. The minimum absolute atomic E-state index is 0. The van der Waals surface area contributed by atoms with Crippen LogP contribution >= 0.6 is 11.6 Å². The molecule has 0 saturated carbocycles. The molecular weight excluding hydrogens is 428 g/mol. The van der Waals surface area contributed by atoms with E-state index in [-0.39, 0.29) is 17.0 Å². The second-order valence-corrected chi connectivity index (χ2v) is 6.94. The average molecular weight is 448 g/mol. The van der Waals surface area contributed by atoms with Crippen LogP contribution in [-0.4, -0.2) is 17.9 Å². The Morgan fingerprint density at radius 2 is 1.78 bits per heavy atom. The van der Waals surface area contributed by atoms with Gasteiger partial charge in [-0.3, -0.25) is 0 Å². The van der Waals surface area contributed by atoms with Crippen molar-refractivity contribution in [3.8, 4) is 5.75 Å². The van der Waals surface area contributed by atoms with Crippen LogP contribution in [0.1, 0.15) is 5.56 Å². The number of aromatic nitrogens is 1. The minimum atomic E-state index is -1.07. The predicted octanol–water partition coefficient (Wildman–Crippen LogP) is 0.723. The summed E-state index contributed by atoms with van der Waals surface area (Å²) >= 11 is 6.00. The molecule has 1 N–H and O–H groups in total. The molecule has 0 aliphatic carbocycles. The van der Waals surface area contributed by atoms with Gasteiger partial charge in [-0.25, -0.2) is 4.57 Å². The summed E-state index contributed by atoms with van der Waals surface area (Å²) in [4.78, 5) is 1.99. The molecular formula is C21H20BrClN2O2. The third-order valence-corrected chi connectivity index (χ3v) is 4.97. The van der Waals surface area contributed by atoms with E-state index in [9.17, 15) is 5.11 Å². The Bertz CT molecular complexity index is 918. The summed E-state index contributed by atoms with van der Waals surface area (Å²) < 4.78 is 7.33. The first-order chi connectivity index (χ1) is 12.6. The van der Waals surface area contributed by atoms with Crippen LogP contribution in [-0.2, 0) is 13.0 Å². The van der Waals surface area contributed by atoms with Crippen LogP contribution in [0.15, 0.2) is 72.9 Å². The van der Waals surface area contributed by atoms with Gasteiger partial charge in [-0.2, -0.15) is 4.90 Å². The van der Waals surface area contributed by atoms with E-state index in [1.165, 1.54) is 0 Å². The van der Waals surface area contributed by atoms with Gasteiger partial charge >= 0.3 is 0 Å². The zero-order valence-electron chi connectivity index (χ0n) is 14.8. The highest BCUT2D eigenvalue weighted by Crippen LogP contribution is 2.37. The molecule has 1 aliphatic heterocycles. The summed E-state index contributed by atoms with van der Waals surface area (Å²) in [7, 11) is 1.65. The Morgan fingerprint density at radius 3 is 2.44 bits per heavy atom. The molecule has 0 saturated heterocycles. The molecule has 140 valence electrons. The summed E-state index contributed by atoms with van der Waals surface area (Å²) in [6.45, 7) is 0.484. The fourth-order valence-electron chi connectivity index (χ4n) is 3.53. The van der Waals surface area contributed by atoms with Crippen molar-refractivity contribution in [1.29, 1.82) is 0 Å². The second kappa shape index (κ2) is 7.89. The highest BCUT2D eigenvalue weighted by atomic mass is 79.9. The number of halogens is 2. The van der Waals surface area contributed by atoms with E-state index in [0.29, 0.717) is 18.0 Å². The first-order valence-corrected chi connectivity index (χ1v) is 8.86. The maximum atomic E-state index is 11.6. The highest BCUT2D eigenvalue weighted by molar-refractivity contribution is 6.30. The van der Waals surface area contributed by atoms with Gasteiger partial charge in [-0.05, 0) is 48.0 Å². The molecule has 1 aliphatic rings. The number of pyridine rings is 1. The molecule has 1 atom stereocenters. The van der Waals surface area contributed by atoms with Gasteiger partial charge in [0.05, 0.1) is 13.3 Å². The van der Waals surface area contributed by atoms with Gasteiger partial charge in [-0.1, -0.05) is 29.8 Å². The van der Waals surface area contributed by atoms with Crippen LogP contribution in [0.5, 0.6) is 5.75 Å². The van der Waals surface area contributed by atoms with E-state index < -0.39 is 5.72 Å². The number of rotatable bonds is 4. The Hall–Kier alpha value is -2.08. The van der Waals surface area contributed by atoms with E-state index in [1.807, 2.05) is 77.8 Å². The molecule has 3 aromatic rings. The Labute approximate surface area is 174 Å². The molecule has 1 aromatic heterocycles. The number of methoxy groups -OCH3 is 1. The average Bonchev–Trinajstić information content (AvgIpc) is 2.95. The topological polar surface area (TPSA) is 36.6 Å². The van der Waals surface area contributed by atoms with Crippen molar-refractivity contribution in [3.05, 3.63) is 83.5 Å². The van der Waals surface area contributed by atoms with E-state index in [1.54, 1.807) is 7.11 Å². The highest BCUT2D eigenvalue weighted by Gasteiger charge is 2.51. The maximum absolute atomic E-state index is 11.6. The largest absolute Gasteiger partial charge is 1.00 e. The number of ether oxygens (including phenoxy) is 1. The van der Waals surface area contributed by atoms with E-state index in [4.69, 9.17) is 16.3 Å². The molecule has 0 radical (unpaired) electrons. The van der Waals surface area contributed by atoms with Crippen LogP contribution < -0.4 is 31.2 Å². The zero-order chi connectivity index (χ0) is 18.1. The lowest BCUT2D eigenvalue weighted by Crippen LogP contribution is -3.00. The van der Waals surface area contributed by atoms with Crippen molar-refractivity contribution in [2.75, 3.05) is 12.0 Å². The Balaban J connectivity index is 0.00000210. The normalized spacial score (nSPS) is 18.0. The van der Waals surface area contributed by atoms with Crippen molar-refractivity contribution in [3.63, 3.8) is 0 Å². The monoisotopic (exact) mass is 446 g/mol. The Morgan fingerprint density at radius 1 is 1.07 bits per heavy atom. The molecule has 27 heavy (non-hydrogen) atoms. The lowest BCUT2D eigenvalue weighted by molar-refractivity contribution is -0.682. The molecule has 4 nitrogen and oxygen atoms in total. The quantitative estimate of drug-likeness (QED) is 0.599. The van der Waals surface area contributed by atoms with Crippen LogP contribution in [0.4, 0.5) is 11.5 Å². The zero-order valence-corrected chi connectivity index (χ0v) is 17.2. The molecule has 0 fully saturated rings. The fraction of sp³-hybridized carbons (Fsp3) is 0.190. The van der Waals surface area contributed by atoms with E-state index >= 15 is 0 Å². The number of anilines is 2. The van der Waals surface area contributed by atoms with Crippen molar-refractivity contribution in [2.24, 2.45) is 0 Å². The standard InChI is InChI=1S/C21H20ClN2O2.BrH/c1-26-19-11-9-18(10-12-19)24-20-4-2-3-13-23(20)15-21(24,25)14-16-5-7-17(22)8-6-16;/h2-13,25H,14-15H2,1H3;1H/q+1;/p-1. The molecule has 4 rings (SSSR count). The minimum Gasteiger partial charge on any atom is -1.00 e. The van der Waals surface area contributed by atoms with Gasteiger partial charge in [0, 0.05) is 17.5 Å². The SMILES string of the molecule is COc1ccc(N2c3cccc[n+]3CC2(O)Cc2ccc(Cl)cc2)cc1.[Br-]. The van der Waals surface area contributed by atoms with E-state index in [2.05, 4.69) is 4.57 Å². The first-order valence-electron chi connectivity index (χ1n) is 8.49. The predicted molar refractivity (Wildman–Crippen MR) is 102 cm³/mol. The number of hydrogen-bond acceptors (Lipinski definition) is 3. The van der Waals surface area contributed by atoms with Gasteiger partial charge < -0.3 is 26.8 Å². The van der Waals surface area contributed by atoms with Gasteiger partial charge in [-0.15, -0.1) is 0 Å². The van der Waals surface area contributed by atoms with Gasteiger partial charge in [0.2, 0.25) is 0 Å². The summed E-state index contributed by atoms with van der Waals surface area (Å²) in [6.07, 6.45) is 2.48. The molecule has 0 amide bonds. The molecule has 1 unspecified atom stereocenters. The fourth-order valence-corrected chi connectivity index (χ4v) is 3.65. The van der Waals surface area contributed by atoms with Crippen molar-refractivity contribution >= 4 is 23.1 Å². The van der Waals surface area contributed by atoms with Crippen LogP contribution in [0, 0.1) is 0 Å². The number of hydrogen-bond donors (Lipinski definition) is 1. The third kappa shape index (κ3) is 3.81. The molecule has 6 heteroatoms. The number of benzene rings is 2. The summed E-state index contributed by atoms with van der Waals surface area (Å²) in [6, 6.07) is 21.3. The number of aliphatic hydroxyl groups is 1. The van der Waals surface area contributed by atoms with Gasteiger partial charge in [0.15, 0.2) is 6.54 Å². The lowest BCUT2D eigenvalue weighted by atomic mass is 10.0. The van der Waals surface area contributed by atoms with Gasteiger partial charge in [0.1, 0.15) is 11.4 Å². The van der Waals surface area contributed by atoms with Crippen LogP contribution in [0.2, 0.25) is 5.02 Å². The summed E-state index contributed by atoms with van der Waals surface area (Å²) in [5, 5.41) is 12.3. The molecule has 0 bridgehead atoms. The molecule has 2 heterocycles. The van der Waals surface area contributed by atoms with Crippen molar-refractivity contribution in [1.82, 2.24) is 0 Å². The summed E-state index contributed by atoms with van der Waals surface area (Å²) in [5.41, 5.74) is 0.875. The number of fused-ring (bicyclic) bond motifs is 1. The lowest BCUT2D eigenvalue weighted by Gasteiger charge is -2.27. The van der Waals surface area contributed by atoms with E-state index in [0.717, 1.165) is 22.8 Å². The van der Waals surface area contributed by atoms with Crippen molar-refractivity contribution < 1.29 is 31.4 Å². The van der Waals surface area contributed by atoms with Crippen LogP contribution in [0.3, 0.4) is 0 Å². The Kier molecular flexibility index (Phi) is 5.75. The molecule has 0 spiro atoms. The smallest absolute Gasteiger partial charge is 0.284 e. The van der Waals surface area contributed by atoms with Crippen LogP contribution in [0.25, 0.3) is 0 Å². The second-order valence-electron chi connectivity index (χ2n) is 6.51. The molecule has 2 aromatic carbocycles. The van der Waals surface area contributed by atoms with Gasteiger partial charge in [0.25, 0.3) is 11.5 Å². The first kappa shape index (κ1) is 19.7. The number of nitrogens with zero attached hydrogens (tertiary/aromatic N) is 2.